The summed E-state index contributed by atoms with van der Waals surface area (Å²) >= 11 is 0. The SMILES string of the molecule is Cc1cc(CNC2CCCCCC2C#N)on1. The van der Waals surface area contributed by atoms with Crippen LogP contribution in [0.15, 0.2) is 10.6 Å². The summed E-state index contributed by atoms with van der Waals surface area (Å²) in [4.78, 5) is 0. The Bertz CT molecular complexity index is 394. The molecule has 4 nitrogen and oxygen atoms in total. The molecule has 0 saturated heterocycles. The number of nitrogens with zero attached hydrogens (tertiary/aromatic N) is 2. The maximum atomic E-state index is 9.16. The van der Waals surface area contributed by atoms with E-state index in [1.54, 1.807) is 0 Å². The van der Waals surface area contributed by atoms with Crippen LogP contribution in [-0.4, -0.2) is 11.2 Å². The van der Waals surface area contributed by atoms with Crippen LogP contribution in [-0.2, 0) is 6.54 Å². The molecule has 1 aromatic heterocycles. The van der Waals surface area contributed by atoms with Gasteiger partial charge in [0.2, 0.25) is 0 Å². The fourth-order valence-corrected chi connectivity index (χ4v) is 2.44. The number of hydrogen-bond donors (Lipinski definition) is 1. The van der Waals surface area contributed by atoms with Crippen LogP contribution in [0, 0.1) is 24.2 Å². The normalized spacial score (nSPS) is 25.2. The van der Waals surface area contributed by atoms with Crippen LogP contribution in [0.2, 0.25) is 0 Å². The number of nitriles is 1. The quantitative estimate of drug-likeness (QED) is 0.815. The minimum absolute atomic E-state index is 0.140. The first-order valence-electron chi connectivity index (χ1n) is 6.35. The monoisotopic (exact) mass is 233 g/mol. The van der Waals surface area contributed by atoms with Gasteiger partial charge in [-0.05, 0) is 19.8 Å². The van der Waals surface area contributed by atoms with Crippen molar-refractivity contribution in [3.63, 3.8) is 0 Å². The second-order valence-electron chi connectivity index (χ2n) is 4.80. The predicted octanol–water partition coefficient (Wildman–Crippen LogP) is 2.55. The molecule has 0 bridgehead atoms. The number of hydrogen-bond acceptors (Lipinski definition) is 4. The number of aryl methyl sites for hydroxylation is 1. The third-order valence-corrected chi connectivity index (χ3v) is 3.40. The molecule has 1 heterocycles. The van der Waals surface area contributed by atoms with Gasteiger partial charge in [-0.3, -0.25) is 0 Å². The highest BCUT2D eigenvalue weighted by Gasteiger charge is 2.23. The molecule has 4 heteroatoms. The van der Waals surface area contributed by atoms with Crippen molar-refractivity contribution in [3.05, 3.63) is 17.5 Å². The largest absolute Gasteiger partial charge is 0.360 e. The molecule has 1 aromatic rings. The van der Waals surface area contributed by atoms with Crippen LogP contribution in [0.5, 0.6) is 0 Å². The zero-order chi connectivity index (χ0) is 12.1. The molecule has 1 aliphatic carbocycles. The molecule has 0 aromatic carbocycles. The molecule has 17 heavy (non-hydrogen) atoms. The Hall–Kier alpha value is -1.34. The van der Waals surface area contributed by atoms with Crippen LogP contribution in [0.25, 0.3) is 0 Å². The molecule has 2 atom stereocenters. The van der Waals surface area contributed by atoms with E-state index in [1.165, 1.54) is 19.3 Å². The van der Waals surface area contributed by atoms with E-state index in [-0.39, 0.29) is 5.92 Å². The number of nitrogens with one attached hydrogen (secondary N) is 1. The first kappa shape index (κ1) is 12.1. The van der Waals surface area contributed by atoms with Crippen molar-refractivity contribution in [2.75, 3.05) is 0 Å². The van der Waals surface area contributed by atoms with Gasteiger partial charge < -0.3 is 9.84 Å². The standard InChI is InChI=1S/C13H19N3O/c1-10-7-12(17-16-10)9-15-13-6-4-2-3-5-11(13)8-14/h7,11,13,15H,2-6,9H2,1H3. The molecule has 0 aliphatic heterocycles. The highest BCUT2D eigenvalue weighted by Crippen LogP contribution is 2.23. The zero-order valence-corrected chi connectivity index (χ0v) is 10.3. The van der Waals surface area contributed by atoms with Gasteiger partial charge in [-0.25, -0.2) is 0 Å². The summed E-state index contributed by atoms with van der Waals surface area (Å²) in [7, 11) is 0. The van der Waals surface area contributed by atoms with Gasteiger partial charge in [0.1, 0.15) is 0 Å². The highest BCUT2D eigenvalue weighted by molar-refractivity contribution is 5.03. The Morgan fingerprint density at radius 2 is 2.29 bits per heavy atom. The van der Waals surface area contributed by atoms with Crippen LogP contribution in [0.4, 0.5) is 0 Å². The molecule has 92 valence electrons. The molecular weight excluding hydrogens is 214 g/mol. The lowest BCUT2D eigenvalue weighted by Gasteiger charge is -2.19. The van der Waals surface area contributed by atoms with Gasteiger partial charge in [-0.15, -0.1) is 0 Å². The Balaban J connectivity index is 1.90. The molecular formula is C13H19N3O. The second-order valence-corrected chi connectivity index (χ2v) is 4.80. The molecule has 1 fully saturated rings. The predicted molar refractivity (Wildman–Crippen MR) is 64.1 cm³/mol. The maximum absolute atomic E-state index is 9.16. The van der Waals surface area contributed by atoms with Gasteiger partial charge in [0.05, 0.1) is 24.2 Å². The van der Waals surface area contributed by atoms with E-state index in [4.69, 9.17) is 9.78 Å². The van der Waals surface area contributed by atoms with Crippen molar-refractivity contribution >= 4 is 0 Å². The van der Waals surface area contributed by atoms with Crippen molar-refractivity contribution in [3.8, 4) is 6.07 Å². The topological polar surface area (TPSA) is 61.9 Å². The fraction of sp³-hybridized carbons (Fsp3) is 0.692. The minimum atomic E-state index is 0.140. The van der Waals surface area contributed by atoms with Crippen LogP contribution in [0.3, 0.4) is 0 Å². The van der Waals surface area contributed by atoms with Crippen molar-refractivity contribution in [1.82, 2.24) is 10.5 Å². The zero-order valence-electron chi connectivity index (χ0n) is 10.3. The molecule has 1 N–H and O–H groups in total. The summed E-state index contributed by atoms with van der Waals surface area (Å²) in [5, 5.41) is 16.5. The molecule has 1 aliphatic rings. The smallest absolute Gasteiger partial charge is 0.150 e. The summed E-state index contributed by atoms with van der Waals surface area (Å²) < 4.78 is 5.16. The lowest BCUT2D eigenvalue weighted by molar-refractivity contribution is 0.336. The van der Waals surface area contributed by atoms with E-state index in [0.29, 0.717) is 12.6 Å². The van der Waals surface area contributed by atoms with E-state index < -0.39 is 0 Å². The highest BCUT2D eigenvalue weighted by atomic mass is 16.5. The first-order chi connectivity index (χ1) is 8.29. The van der Waals surface area contributed by atoms with Crippen LogP contribution >= 0.6 is 0 Å². The van der Waals surface area contributed by atoms with Crippen molar-refractivity contribution in [2.45, 2.75) is 51.6 Å². The Morgan fingerprint density at radius 1 is 1.47 bits per heavy atom. The number of rotatable bonds is 3. The van der Waals surface area contributed by atoms with Crippen LogP contribution < -0.4 is 5.32 Å². The molecule has 2 unspecified atom stereocenters. The summed E-state index contributed by atoms with van der Waals surface area (Å²) in [5.74, 6) is 0.991. The minimum Gasteiger partial charge on any atom is -0.360 e. The average Bonchev–Trinajstić information content (AvgIpc) is 2.63. The summed E-state index contributed by atoms with van der Waals surface area (Å²) in [6.45, 7) is 2.58. The lowest BCUT2D eigenvalue weighted by atomic mass is 9.96. The molecule has 0 radical (unpaired) electrons. The van der Waals surface area contributed by atoms with Gasteiger partial charge in [0.25, 0.3) is 0 Å². The van der Waals surface area contributed by atoms with Gasteiger partial charge in [-0.2, -0.15) is 5.26 Å². The van der Waals surface area contributed by atoms with E-state index >= 15 is 0 Å². The Labute approximate surface area is 102 Å². The summed E-state index contributed by atoms with van der Waals surface area (Å²) in [5.41, 5.74) is 0.902. The molecule has 0 amide bonds. The van der Waals surface area contributed by atoms with Gasteiger partial charge >= 0.3 is 0 Å². The van der Waals surface area contributed by atoms with Gasteiger partial charge in [-0.1, -0.05) is 24.4 Å². The van der Waals surface area contributed by atoms with Gasteiger partial charge in [0, 0.05) is 12.1 Å². The molecule has 0 spiro atoms. The van der Waals surface area contributed by atoms with Crippen molar-refractivity contribution in [2.24, 2.45) is 5.92 Å². The average molecular weight is 233 g/mol. The molecule has 1 saturated carbocycles. The van der Waals surface area contributed by atoms with E-state index in [9.17, 15) is 0 Å². The summed E-state index contributed by atoms with van der Waals surface area (Å²) in [6, 6.07) is 4.66. The summed E-state index contributed by atoms with van der Waals surface area (Å²) in [6.07, 6.45) is 5.75. The van der Waals surface area contributed by atoms with E-state index in [1.807, 2.05) is 13.0 Å². The van der Waals surface area contributed by atoms with Crippen LogP contribution in [0.1, 0.15) is 43.6 Å². The van der Waals surface area contributed by atoms with E-state index in [0.717, 1.165) is 24.3 Å². The van der Waals surface area contributed by atoms with Crippen molar-refractivity contribution < 1.29 is 4.52 Å². The Kier molecular flexibility index (Phi) is 4.16. The number of aromatic nitrogens is 1. The Morgan fingerprint density at radius 3 is 3.00 bits per heavy atom. The van der Waals surface area contributed by atoms with E-state index in [2.05, 4.69) is 16.5 Å². The fourth-order valence-electron chi connectivity index (χ4n) is 2.44. The third kappa shape index (κ3) is 3.31. The second kappa shape index (κ2) is 5.83. The lowest BCUT2D eigenvalue weighted by Crippen LogP contribution is -2.34. The maximum Gasteiger partial charge on any atom is 0.150 e. The van der Waals surface area contributed by atoms with Gasteiger partial charge in [0.15, 0.2) is 5.76 Å². The van der Waals surface area contributed by atoms with Crippen molar-refractivity contribution in [1.29, 1.82) is 5.26 Å². The molecule has 2 rings (SSSR count). The first-order valence-corrected chi connectivity index (χ1v) is 6.35. The third-order valence-electron chi connectivity index (χ3n) is 3.40.